The van der Waals surface area contributed by atoms with Crippen LogP contribution in [0.5, 0.6) is 5.75 Å². The van der Waals surface area contributed by atoms with Crippen molar-refractivity contribution < 1.29 is 14.3 Å². The van der Waals surface area contributed by atoms with Gasteiger partial charge >= 0.3 is 142 Å². The molecule has 0 aliphatic carbocycles. The van der Waals surface area contributed by atoms with E-state index in [1.807, 2.05) is 30.3 Å². The summed E-state index contributed by atoms with van der Waals surface area (Å²) in [5.74, 6) is 0.667. The van der Waals surface area contributed by atoms with Gasteiger partial charge in [-0.25, -0.2) is 0 Å². The summed E-state index contributed by atoms with van der Waals surface area (Å²) in [5.41, 5.74) is 1.20. The van der Waals surface area contributed by atoms with Crippen LogP contribution < -0.4 is 8.35 Å². The SMILES string of the molecule is COc1ccc([Te]CC(Cc2ccccc2)OC(C)=O)cc1. The molecule has 1 atom stereocenters. The van der Waals surface area contributed by atoms with Crippen molar-refractivity contribution in [3.63, 3.8) is 0 Å². The van der Waals surface area contributed by atoms with Crippen LogP contribution >= 0.6 is 0 Å². The Hall–Kier alpha value is -1.50. The molecule has 0 N–H and O–H groups in total. The number of ether oxygens (including phenoxy) is 2. The second-order valence-electron chi connectivity index (χ2n) is 4.91. The van der Waals surface area contributed by atoms with E-state index in [1.54, 1.807) is 7.11 Å². The maximum atomic E-state index is 11.3. The molecule has 0 saturated carbocycles. The van der Waals surface area contributed by atoms with Crippen LogP contribution in [0.3, 0.4) is 0 Å². The number of hydrogen-bond donors (Lipinski definition) is 0. The molecule has 116 valence electrons. The third-order valence-electron chi connectivity index (χ3n) is 3.13. The minimum atomic E-state index is -0.388. The Kier molecular flexibility index (Phi) is 6.76. The number of rotatable bonds is 7. The van der Waals surface area contributed by atoms with Crippen LogP contribution in [0.4, 0.5) is 0 Å². The number of carbonyl (C=O) groups is 1. The van der Waals surface area contributed by atoms with Crippen LogP contribution in [0.1, 0.15) is 12.5 Å². The van der Waals surface area contributed by atoms with E-state index in [1.165, 1.54) is 16.1 Å². The molecule has 0 aromatic heterocycles. The van der Waals surface area contributed by atoms with E-state index in [0.717, 1.165) is 16.6 Å². The second kappa shape index (κ2) is 8.82. The van der Waals surface area contributed by atoms with Crippen molar-refractivity contribution in [1.82, 2.24) is 0 Å². The van der Waals surface area contributed by atoms with Gasteiger partial charge < -0.3 is 0 Å². The summed E-state index contributed by atoms with van der Waals surface area (Å²) in [6.07, 6.45) is 0.742. The first-order chi connectivity index (χ1) is 10.7. The minimum absolute atomic E-state index is 0.0376. The molecule has 1 unspecified atom stereocenters. The first-order valence-corrected chi connectivity index (χ1v) is 9.96. The molecule has 0 spiro atoms. The third-order valence-corrected chi connectivity index (χ3v) is 6.40. The molecule has 0 aliphatic heterocycles. The van der Waals surface area contributed by atoms with E-state index in [2.05, 4.69) is 24.3 Å². The van der Waals surface area contributed by atoms with E-state index in [9.17, 15) is 4.79 Å². The van der Waals surface area contributed by atoms with Gasteiger partial charge in [0.25, 0.3) is 0 Å². The first-order valence-electron chi connectivity index (χ1n) is 7.15. The number of carbonyl (C=O) groups excluding carboxylic acids is 1. The predicted octanol–water partition coefficient (Wildman–Crippen LogP) is 2.62. The van der Waals surface area contributed by atoms with Gasteiger partial charge in [0.05, 0.1) is 0 Å². The van der Waals surface area contributed by atoms with Gasteiger partial charge in [-0.1, -0.05) is 0 Å². The van der Waals surface area contributed by atoms with Crippen molar-refractivity contribution in [1.29, 1.82) is 0 Å². The summed E-state index contributed by atoms with van der Waals surface area (Å²) in [6.45, 7) is 1.48. The molecule has 0 radical (unpaired) electrons. The number of methoxy groups -OCH3 is 1. The molecule has 0 amide bonds. The first kappa shape index (κ1) is 16.9. The average Bonchev–Trinajstić information content (AvgIpc) is 2.53. The van der Waals surface area contributed by atoms with Crippen LogP contribution in [0.2, 0.25) is 4.47 Å². The summed E-state index contributed by atoms with van der Waals surface area (Å²) in [5, 5.41) is 0. The van der Waals surface area contributed by atoms with Gasteiger partial charge in [-0.3, -0.25) is 0 Å². The fourth-order valence-electron chi connectivity index (χ4n) is 2.11. The Balaban J connectivity index is 1.95. The topological polar surface area (TPSA) is 35.5 Å². The Morgan fingerprint density at radius 1 is 1.09 bits per heavy atom. The van der Waals surface area contributed by atoms with Crippen molar-refractivity contribution in [2.75, 3.05) is 7.11 Å². The summed E-state index contributed by atoms with van der Waals surface area (Å²) < 4.78 is 12.9. The molecule has 0 bridgehead atoms. The van der Waals surface area contributed by atoms with Crippen molar-refractivity contribution in [2.45, 2.75) is 23.9 Å². The summed E-state index contributed by atoms with van der Waals surface area (Å²) >= 11 is -0.388. The zero-order chi connectivity index (χ0) is 15.8. The zero-order valence-electron chi connectivity index (χ0n) is 12.8. The molecule has 2 aromatic rings. The van der Waals surface area contributed by atoms with Gasteiger partial charge in [0.15, 0.2) is 0 Å². The number of hydrogen-bond acceptors (Lipinski definition) is 3. The molecule has 0 aliphatic rings. The van der Waals surface area contributed by atoms with Crippen LogP contribution in [0, 0.1) is 0 Å². The fourth-order valence-corrected chi connectivity index (χ4v) is 4.66. The van der Waals surface area contributed by atoms with Gasteiger partial charge in [-0.15, -0.1) is 0 Å². The molecule has 4 heteroatoms. The van der Waals surface area contributed by atoms with Crippen molar-refractivity contribution >= 4 is 30.5 Å². The van der Waals surface area contributed by atoms with Crippen molar-refractivity contribution in [2.24, 2.45) is 0 Å². The van der Waals surface area contributed by atoms with E-state index in [-0.39, 0.29) is 33.0 Å². The standard InChI is InChI=1S/C18H20O3Te/c1-14(19)21-17(12-15-6-4-3-5-7-15)13-22-18-10-8-16(20-2)9-11-18/h3-11,17H,12-13H2,1-2H3. The molecule has 2 rings (SSSR count). The Bertz CT molecular complexity index is 581. The van der Waals surface area contributed by atoms with Gasteiger partial charge in [-0.2, -0.15) is 0 Å². The van der Waals surface area contributed by atoms with Crippen molar-refractivity contribution in [3.05, 3.63) is 60.2 Å². The second-order valence-corrected chi connectivity index (χ2v) is 8.03. The summed E-state index contributed by atoms with van der Waals surface area (Å²) in [4.78, 5) is 11.3. The van der Waals surface area contributed by atoms with Gasteiger partial charge in [0, 0.05) is 0 Å². The van der Waals surface area contributed by atoms with Crippen LogP contribution in [-0.2, 0) is 16.0 Å². The molecule has 0 fully saturated rings. The van der Waals surface area contributed by atoms with Crippen LogP contribution in [0.25, 0.3) is 0 Å². The Morgan fingerprint density at radius 2 is 1.77 bits per heavy atom. The molecule has 2 aromatic carbocycles. The van der Waals surface area contributed by atoms with E-state index in [4.69, 9.17) is 9.47 Å². The molecule has 3 nitrogen and oxygen atoms in total. The molecule has 0 heterocycles. The van der Waals surface area contributed by atoms with Gasteiger partial charge in [0.1, 0.15) is 0 Å². The molecular formula is C18H20O3Te. The van der Waals surface area contributed by atoms with Gasteiger partial charge in [0.2, 0.25) is 0 Å². The Morgan fingerprint density at radius 3 is 2.36 bits per heavy atom. The van der Waals surface area contributed by atoms with Crippen molar-refractivity contribution in [3.8, 4) is 5.75 Å². The fraction of sp³-hybridized carbons (Fsp3) is 0.278. The quantitative estimate of drug-likeness (QED) is 0.519. The van der Waals surface area contributed by atoms with Crippen LogP contribution in [-0.4, -0.2) is 40.1 Å². The zero-order valence-corrected chi connectivity index (χ0v) is 15.2. The van der Waals surface area contributed by atoms with E-state index >= 15 is 0 Å². The summed E-state index contributed by atoms with van der Waals surface area (Å²) in [6, 6.07) is 18.4. The van der Waals surface area contributed by atoms with E-state index < -0.39 is 0 Å². The predicted molar refractivity (Wildman–Crippen MR) is 88.9 cm³/mol. The van der Waals surface area contributed by atoms with Crippen LogP contribution in [0.15, 0.2) is 54.6 Å². The Labute approximate surface area is 141 Å². The number of esters is 1. The van der Waals surface area contributed by atoms with E-state index in [0.29, 0.717) is 0 Å². The maximum absolute atomic E-state index is 11.3. The normalized spacial score (nSPS) is 11.7. The monoisotopic (exact) mass is 414 g/mol. The van der Waals surface area contributed by atoms with Gasteiger partial charge in [-0.05, 0) is 0 Å². The molecule has 0 saturated heterocycles. The molecular weight excluding hydrogens is 392 g/mol. The summed E-state index contributed by atoms with van der Waals surface area (Å²) in [7, 11) is 1.67. The third kappa shape index (κ3) is 5.71. The number of benzene rings is 2. The molecule has 22 heavy (non-hydrogen) atoms. The average molecular weight is 412 g/mol.